The highest BCUT2D eigenvalue weighted by Crippen LogP contribution is 2.23. The molecule has 10 nitrogen and oxygen atoms in total. The number of hydrogen-bond acceptors (Lipinski definition) is 8. The van der Waals surface area contributed by atoms with Gasteiger partial charge in [0, 0.05) is 13.6 Å². The highest BCUT2D eigenvalue weighted by molar-refractivity contribution is 7.92. The molecule has 0 saturated carbocycles. The van der Waals surface area contributed by atoms with Crippen LogP contribution >= 0.6 is 0 Å². The monoisotopic (exact) mass is 480 g/mol. The molecule has 4 aromatic rings. The molecule has 0 radical (unpaired) electrons. The van der Waals surface area contributed by atoms with E-state index in [1.165, 1.54) is 17.7 Å². The van der Waals surface area contributed by atoms with E-state index in [-0.39, 0.29) is 11.5 Å². The summed E-state index contributed by atoms with van der Waals surface area (Å²) in [6.45, 7) is 2.63. The molecule has 0 atom stereocenters. The number of nitrogen functional groups attached to an aromatic ring is 1. The third-order valence-corrected chi connectivity index (χ3v) is 7.15. The van der Waals surface area contributed by atoms with Crippen LogP contribution in [0.1, 0.15) is 22.3 Å². The summed E-state index contributed by atoms with van der Waals surface area (Å²) < 4.78 is 34.0. The molecular formula is C23H24N6O4S. The maximum Gasteiger partial charge on any atom is 0.338 e. The second kappa shape index (κ2) is 9.48. The van der Waals surface area contributed by atoms with E-state index in [1.807, 2.05) is 11.5 Å². The van der Waals surface area contributed by atoms with Crippen LogP contribution in [0.4, 0.5) is 11.5 Å². The van der Waals surface area contributed by atoms with Crippen molar-refractivity contribution in [3.8, 4) is 0 Å². The molecule has 0 amide bonds. The number of nitrogens with two attached hydrogens (primary N) is 1. The van der Waals surface area contributed by atoms with Gasteiger partial charge in [0.2, 0.25) is 0 Å². The summed E-state index contributed by atoms with van der Waals surface area (Å²) >= 11 is 0. The van der Waals surface area contributed by atoms with Gasteiger partial charge in [-0.1, -0.05) is 17.7 Å². The van der Waals surface area contributed by atoms with Crippen LogP contribution in [0.25, 0.3) is 11.2 Å². The van der Waals surface area contributed by atoms with Crippen molar-refractivity contribution in [1.82, 2.24) is 19.5 Å². The number of carbonyl (C=O) groups is 1. The summed E-state index contributed by atoms with van der Waals surface area (Å²) in [5.74, 6) is -0.173. The number of carbonyl (C=O) groups excluding carboxylic acids is 1. The average Bonchev–Trinajstić information content (AvgIpc) is 3.26. The van der Waals surface area contributed by atoms with Crippen molar-refractivity contribution in [3.63, 3.8) is 0 Å². The molecule has 0 aliphatic carbocycles. The molecular weight excluding hydrogens is 456 g/mol. The SMILES string of the molecule is Cc1ccc(S(=O)(=O)N(C)c2ccc(C(=O)OCCCn3cnc4c(N)ncnc43)cc2)cc1. The van der Waals surface area contributed by atoms with Crippen molar-refractivity contribution >= 4 is 38.7 Å². The molecule has 2 aromatic carbocycles. The van der Waals surface area contributed by atoms with Crippen molar-refractivity contribution in [2.45, 2.75) is 24.8 Å². The second-order valence-corrected chi connectivity index (χ2v) is 9.66. The van der Waals surface area contributed by atoms with Crippen molar-refractivity contribution in [3.05, 3.63) is 72.3 Å². The van der Waals surface area contributed by atoms with E-state index >= 15 is 0 Å². The molecule has 11 heteroatoms. The highest BCUT2D eigenvalue weighted by Gasteiger charge is 2.21. The fourth-order valence-corrected chi connectivity index (χ4v) is 4.56. The Labute approximate surface area is 197 Å². The number of aromatic nitrogens is 4. The van der Waals surface area contributed by atoms with E-state index in [0.717, 1.165) is 5.56 Å². The van der Waals surface area contributed by atoms with Crippen molar-refractivity contribution in [2.75, 3.05) is 23.7 Å². The number of hydrogen-bond donors (Lipinski definition) is 1. The van der Waals surface area contributed by atoms with Crippen LogP contribution in [0.3, 0.4) is 0 Å². The maximum absolute atomic E-state index is 12.8. The number of anilines is 2. The predicted octanol–water partition coefficient (Wildman–Crippen LogP) is 2.79. The van der Waals surface area contributed by atoms with Gasteiger partial charge in [-0.3, -0.25) is 4.31 Å². The number of esters is 1. The molecule has 0 bridgehead atoms. The number of nitrogens with zero attached hydrogens (tertiary/aromatic N) is 5. The van der Waals surface area contributed by atoms with Gasteiger partial charge >= 0.3 is 5.97 Å². The zero-order chi connectivity index (χ0) is 24.3. The molecule has 0 aliphatic rings. The quantitative estimate of drug-likeness (QED) is 0.301. The summed E-state index contributed by atoms with van der Waals surface area (Å²) in [4.78, 5) is 24.9. The van der Waals surface area contributed by atoms with E-state index < -0.39 is 16.0 Å². The molecule has 0 unspecified atom stereocenters. The maximum atomic E-state index is 12.8. The zero-order valence-electron chi connectivity index (χ0n) is 18.7. The first kappa shape index (κ1) is 23.2. The fourth-order valence-electron chi connectivity index (χ4n) is 3.36. The number of fused-ring (bicyclic) bond motifs is 1. The lowest BCUT2D eigenvalue weighted by Crippen LogP contribution is -2.26. The lowest BCUT2D eigenvalue weighted by atomic mass is 10.2. The minimum Gasteiger partial charge on any atom is -0.462 e. The van der Waals surface area contributed by atoms with Gasteiger partial charge in [-0.05, 0) is 49.7 Å². The molecule has 2 aromatic heterocycles. The van der Waals surface area contributed by atoms with Gasteiger partial charge in [-0.2, -0.15) is 0 Å². The van der Waals surface area contributed by atoms with Gasteiger partial charge in [0.05, 0.1) is 29.1 Å². The largest absolute Gasteiger partial charge is 0.462 e. The molecule has 2 heterocycles. The number of rotatable bonds is 8. The Hall–Kier alpha value is -3.99. The first-order valence-electron chi connectivity index (χ1n) is 10.5. The first-order chi connectivity index (χ1) is 16.3. The summed E-state index contributed by atoms with van der Waals surface area (Å²) in [7, 11) is -2.23. The molecule has 2 N–H and O–H groups in total. The second-order valence-electron chi connectivity index (χ2n) is 7.69. The minimum atomic E-state index is -3.71. The number of sulfonamides is 1. The van der Waals surface area contributed by atoms with E-state index in [4.69, 9.17) is 10.5 Å². The Balaban J connectivity index is 1.33. The predicted molar refractivity (Wildman–Crippen MR) is 128 cm³/mol. The van der Waals surface area contributed by atoms with Crippen LogP contribution in [0.15, 0.2) is 66.1 Å². The smallest absolute Gasteiger partial charge is 0.338 e. The molecule has 0 spiro atoms. The van der Waals surface area contributed by atoms with Gasteiger partial charge in [-0.15, -0.1) is 0 Å². The molecule has 4 rings (SSSR count). The zero-order valence-corrected chi connectivity index (χ0v) is 19.6. The Bertz CT molecular complexity index is 1420. The molecule has 176 valence electrons. The van der Waals surface area contributed by atoms with E-state index in [9.17, 15) is 13.2 Å². The molecule has 0 aliphatic heterocycles. The minimum absolute atomic E-state index is 0.197. The average molecular weight is 481 g/mol. The third kappa shape index (κ3) is 4.69. The van der Waals surface area contributed by atoms with Crippen LogP contribution in [-0.2, 0) is 21.3 Å². The normalized spacial score (nSPS) is 11.5. The highest BCUT2D eigenvalue weighted by atomic mass is 32.2. The Morgan fingerprint density at radius 3 is 2.47 bits per heavy atom. The lowest BCUT2D eigenvalue weighted by Gasteiger charge is -2.20. The third-order valence-electron chi connectivity index (χ3n) is 5.35. The lowest BCUT2D eigenvalue weighted by molar-refractivity contribution is 0.0496. The molecule has 0 fully saturated rings. The summed E-state index contributed by atoms with van der Waals surface area (Å²) in [6, 6.07) is 12.9. The van der Waals surface area contributed by atoms with E-state index in [2.05, 4.69) is 15.0 Å². The van der Waals surface area contributed by atoms with Crippen LogP contribution in [0.2, 0.25) is 0 Å². The Morgan fingerprint density at radius 2 is 1.76 bits per heavy atom. The van der Waals surface area contributed by atoms with Crippen LogP contribution < -0.4 is 10.0 Å². The van der Waals surface area contributed by atoms with Gasteiger partial charge in [0.1, 0.15) is 11.8 Å². The summed E-state index contributed by atoms with van der Waals surface area (Å²) in [6.07, 6.45) is 3.55. The summed E-state index contributed by atoms with van der Waals surface area (Å²) in [5, 5.41) is 0. The van der Waals surface area contributed by atoms with Crippen LogP contribution in [0.5, 0.6) is 0 Å². The van der Waals surface area contributed by atoms with Gasteiger partial charge in [-0.25, -0.2) is 28.2 Å². The Kier molecular flexibility index (Phi) is 6.46. The number of imidazole rings is 1. The van der Waals surface area contributed by atoms with Gasteiger partial charge < -0.3 is 15.0 Å². The molecule has 0 saturated heterocycles. The van der Waals surface area contributed by atoms with Gasteiger partial charge in [0.25, 0.3) is 10.0 Å². The first-order valence-corrected chi connectivity index (χ1v) is 12.0. The molecule has 34 heavy (non-hydrogen) atoms. The number of benzene rings is 2. The summed E-state index contributed by atoms with van der Waals surface area (Å²) in [5.41, 5.74) is 8.69. The standard InChI is InChI=1S/C23H24N6O4S/c1-16-4-10-19(11-5-16)34(31,32)28(2)18-8-6-17(7-9-18)23(30)33-13-3-12-29-15-27-20-21(24)25-14-26-22(20)29/h4-11,14-15H,3,12-13H2,1-2H3,(H2,24,25,26). The van der Waals surface area contributed by atoms with Crippen LogP contribution in [-0.4, -0.2) is 47.6 Å². The van der Waals surface area contributed by atoms with Crippen LogP contribution in [0, 0.1) is 6.92 Å². The Morgan fingerprint density at radius 1 is 1.06 bits per heavy atom. The number of ether oxygens (including phenoxy) is 1. The van der Waals surface area contributed by atoms with Crippen molar-refractivity contribution < 1.29 is 17.9 Å². The fraction of sp³-hybridized carbons (Fsp3) is 0.217. The van der Waals surface area contributed by atoms with Crippen molar-refractivity contribution in [2.24, 2.45) is 0 Å². The van der Waals surface area contributed by atoms with E-state index in [0.29, 0.717) is 41.2 Å². The van der Waals surface area contributed by atoms with E-state index in [1.54, 1.807) is 54.9 Å². The number of aryl methyl sites for hydroxylation is 2. The van der Waals surface area contributed by atoms with Gasteiger partial charge in [0.15, 0.2) is 11.5 Å². The topological polar surface area (TPSA) is 133 Å². The van der Waals surface area contributed by atoms with Crippen molar-refractivity contribution in [1.29, 1.82) is 0 Å².